The number of benzene rings is 1. The summed E-state index contributed by atoms with van der Waals surface area (Å²) in [6.45, 7) is 7.13. The third kappa shape index (κ3) is 3.98. The van der Waals surface area contributed by atoms with Crippen LogP contribution in [0.25, 0.3) is 0 Å². The number of hydrogen-bond acceptors (Lipinski definition) is 1. The summed E-state index contributed by atoms with van der Waals surface area (Å²) in [5.74, 6) is 1.72. The molecule has 3 heteroatoms. The van der Waals surface area contributed by atoms with Gasteiger partial charge in [-0.25, -0.2) is 0 Å². The van der Waals surface area contributed by atoms with Crippen LogP contribution in [-0.2, 0) is 5.33 Å². The average molecular weight is 389 g/mol. The number of nitrogens with zero attached hydrogens (tertiary/aromatic N) is 1. The van der Waals surface area contributed by atoms with Gasteiger partial charge in [0.1, 0.15) is 0 Å². The minimum absolute atomic E-state index is 0.820. The summed E-state index contributed by atoms with van der Waals surface area (Å²) in [6, 6.07) is 6.65. The predicted octanol–water partition coefficient (Wildman–Crippen LogP) is 5.61. The van der Waals surface area contributed by atoms with E-state index in [1.54, 1.807) is 0 Å². The van der Waals surface area contributed by atoms with Crippen LogP contribution >= 0.6 is 31.9 Å². The third-order valence-electron chi connectivity index (χ3n) is 4.24. The first-order chi connectivity index (χ1) is 9.11. The lowest BCUT2D eigenvalue weighted by atomic mass is 9.89. The van der Waals surface area contributed by atoms with Gasteiger partial charge in [-0.15, -0.1) is 0 Å². The van der Waals surface area contributed by atoms with Crippen molar-refractivity contribution in [3.8, 4) is 0 Å². The molecule has 0 bridgehead atoms. The monoisotopic (exact) mass is 387 g/mol. The Balaban J connectivity index is 2.14. The second-order valence-electron chi connectivity index (χ2n) is 5.83. The zero-order valence-electron chi connectivity index (χ0n) is 11.8. The lowest BCUT2D eigenvalue weighted by Crippen LogP contribution is -2.25. The average Bonchev–Trinajstić information content (AvgIpc) is 2.64. The van der Waals surface area contributed by atoms with E-state index in [9.17, 15) is 0 Å². The molecule has 0 radical (unpaired) electrons. The van der Waals surface area contributed by atoms with Gasteiger partial charge in [0.05, 0.1) is 0 Å². The first-order valence-corrected chi connectivity index (χ1v) is 9.12. The Morgan fingerprint density at radius 3 is 2.74 bits per heavy atom. The van der Waals surface area contributed by atoms with E-state index in [0.717, 1.165) is 17.2 Å². The topological polar surface area (TPSA) is 3.24 Å². The van der Waals surface area contributed by atoms with Gasteiger partial charge in [0.2, 0.25) is 0 Å². The SMILES string of the molecule is CC(C)C1CCCN(c2ccc(Br)cc2CBr)CC1. The molecule has 0 N–H and O–H groups in total. The van der Waals surface area contributed by atoms with Crippen LogP contribution in [0.2, 0.25) is 0 Å². The molecule has 0 aliphatic carbocycles. The van der Waals surface area contributed by atoms with E-state index in [4.69, 9.17) is 0 Å². The second kappa shape index (κ2) is 7.12. The number of halogens is 2. The summed E-state index contributed by atoms with van der Waals surface area (Å²) in [7, 11) is 0. The van der Waals surface area contributed by atoms with Crippen LogP contribution in [0.5, 0.6) is 0 Å². The molecule has 1 aliphatic rings. The summed E-state index contributed by atoms with van der Waals surface area (Å²) >= 11 is 7.18. The van der Waals surface area contributed by atoms with Crippen molar-refractivity contribution < 1.29 is 0 Å². The summed E-state index contributed by atoms with van der Waals surface area (Å²) in [4.78, 5) is 2.57. The molecule has 0 amide bonds. The molecule has 0 aromatic heterocycles. The Bertz CT molecular complexity index is 417. The molecule has 1 heterocycles. The quantitative estimate of drug-likeness (QED) is 0.608. The van der Waals surface area contributed by atoms with Gasteiger partial charge < -0.3 is 4.90 Å². The minimum atomic E-state index is 0.820. The second-order valence-corrected chi connectivity index (χ2v) is 7.31. The van der Waals surface area contributed by atoms with Gasteiger partial charge in [0.25, 0.3) is 0 Å². The van der Waals surface area contributed by atoms with Gasteiger partial charge in [0.15, 0.2) is 0 Å². The molecule has 1 nitrogen and oxygen atoms in total. The molecule has 1 atom stereocenters. The molecule has 1 aromatic carbocycles. The normalized spacial score (nSPS) is 20.7. The third-order valence-corrected chi connectivity index (χ3v) is 5.34. The van der Waals surface area contributed by atoms with Crippen molar-refractivity contribution in [1.82, 2.24) is 0 Å². The van der Waals surface area contributed by atoms with Gasteiger partial charge >= 0.3 is 0 Å². The molecule has 0 saturated carbocycles. The van der Waals surface area contributed by atoms with E-state index >= 15 is 0 Å². The standard InChI is InChI=1S/C16H23Br2N/c1-12(2)13-4-3-8-19(9-7-13)16-6-5-15(18)10-14(16)11-17/h5-6,10,12-13H,3-4,7-9,11H2,1-2H3. The summed E-state index contributed by atoms with van der Waals surface area (Å²) in [6.07, 6.45) is 4.03. The highest BCUT2D eigenvalue weighted by molar-refractivity contribution is 9.10. The van der Waals surface area contributed by atoms with Crippen molar-refractivity contribution in [2.24, 2.45) is 11.8 Å². The number of alkyl halides is 1. The Labute approximate surface area is 134 Å². The van der Waals surface area contributed by atoms with Crippen LogP contribution in [0, 0.1) is 11.8 Å². The summed E-state index contributed by atoms with van der Waals surface area (Å²) in [5.41, 5.74) is 2.79. The number of hydrogen-bond donors (Lipinski definition) is 0. The molecule has 0 spiro atoms. The predicted molar refractivity (Wildman–Crippen MR) is 91.2 cm³/mol. The largest absolute Gasteiger partial charge is 0.371 e. The van der Waals surface area contributed by atoms with Crippen molar-refractivity contribution in [3.63, 3.8) is 0 Å². The maximum atomic E-state index is 3.62. The highest BCUT2D eigenvalue weighted by Gasteiger charge is 2.20. The Hall–Kier alpha value is -0.0200. The Kier molecular flexibility index (Phi) is 5.76. The molecule has 1 saturated heterocycles. The molecule has 2 rings (SSSR count). The summed E-state index contributed by atoms with van der Waals surface area (Å²) < 4.78 is 1.17. The molecule has 19 heavy (non-hydrogen) atoms. The Morgan fingerprint density at radius 1 is 1.26 bits per heavy atom. The molecule has 1 fully saturated rings. The Morgan fingerprint density at radius 2 is 2.05 bits per heavy atom. The highest BCUT2D eigenvalue weighted by Crippen LogP contribution is 2.31. The van der Waals surface area contributed by atoms with Crippen LogP contribution in [0.1, 0.15) is 38.7 Å². The minimum Gasteiger partial charge on any atom is -0.371 e. The lowest BCUT2D eigenvalue weighted by molar-refractivity contribution is 0.351. The molecule has 106 valence electrons. The maximum absolute atomic E-state index is 3.62. The maximum Gasteiger partial charge on any atom is 0.0408 e. The van der Waals surface area contributed by atoms with E-state index in [1.165, 1.54) is 48.1 Å². The summed E-state index contributed by atoms with van der Waals surface area (Å²) in [5, 5.41) is 0.923. The van der Waals surface area contributed by atoms with Crippen LogP contribution in [0.3, 0.4) is 0 Å². The molecular weight excluding hydrogens is 366 g/mol. The van der Waals surface area contributed by atoms with Gasteiger partial charge in [-0.05, 0) is 54.9 Å². The number of anilines is 1. The zero-order valence-corrected chi connectivity index (χ0v) is 15.0. The molecule has 1 aliphatic heterocycles. The van der Waals surface area contributed by atoms with Crippen molar-refractivity contribution >= 4 is 37.5 Å². The van der Waals surface area contributed by atoms with Crippen molar-refractivity contribution in [2.45, 2.75) is 38.4 Å². The van der Waals surface area contributed by atoms with Crippen molar-refractivity contribution in [2.75, 3.05) is 18.0 Å². The fourth-order valence-corrected chi connectivity index (χ4v) is 3.86. The van der Waals surface area contributed by atoms with Crippen molar-refractivity contribution in [3.05, 3.63) is 28.2 Å². The van der Waals surface area contributed by atoms with Crippen LogP contribution in [0.4, 0.5) is 5.69 Å². The van der Waals surface area contributed by atoms with Gasteiger partial charge in [0, 0.05) is 28.6 Å². The first kappa shape index (κ1) is 15.4. The van der Waals surface area contributed by atoms with Crippen molar-refractivity contribution in [1.29, 1.82) is 0 Å². The van der Waals surface area contributed by atoms with Gasteiger partial charge in [-0.2, -0.15) is 0 Å². The van der Waals surface area contributed by atoms with E-state index in [-0.39, 0.29) is 0 Å². The molecule has 1 unspecified atom stereocenters. The fraction of sp³-hybridized carbons (Fsp3) is 0.625. The van der Waals surface area contributed by atoms with E-state index in [1.807, 2.05) is 0 Å². The van der Waals surface area contributed by atoms with Gasteiger partial charge in [-0.1, -0.05) is 45.7 Å². The van der Waals surface area contributed by atoms with E-state index in [0.29, 0.717) is 0 Å². The lowest BCUT2D eigenvalue weighted by Gasteiger charge is -2.26. The molecular formula is C16H23Br2N. The van der Waals surface area contributed by atoms with Crippen LogP contribution in [0.15, 0.2) is 22.7 Å². The number of rotatable bonds is 3. The highest BCUT2D eigenvalue weighted by atomic mass is 79.9. The first-order valence-electron chi connectivity index (χ1n) is 7.21. The van der Waals surface area contributed by atoms with Crippen LogP contribution < -0.4 is 4.90 Å². The van der Waals surface area contributed by atoms with Gasteiger partial charge in [-0.3, -0.25) is 0 Å². The van der Waals surface area contributed by atoms with Crippen LogP contribution in [-0.4, -0.2) is 13.1 Å². The smallest absolute Gasteiger partial charge is 0.0408 e. The fourth-order valence-electron chi connectivity index (χ4n) is 3.00. The molecule has 1 aromatic rings. The van der Waals surface area contributed by atoms with E-state index in [2.05, 4.69) is 68.8 Å². The van der Waals surface area contributed by atoms with E-state index < -0.39 is 0 Å². The zero-order chi connectivity index (χ0) is 13.8.